The number of anilines is 4. The van der Waals surface area contributed by atoms with E-state index in [-0.39, 0.29) is 0 Å². The van der Waals surface area contributed by atoms with Crippen LogP contribution < -0.4 is 24.3 Å². The third kappa shape index (κ3) is 14.2. The Bertz CT molecular complexity index is 2800. The van der Waals surface area contributed by atoms with Gasteiger partial charge < -0.3 is 24.3 Å². The highest BCUT2D eigenvalue weighted by Gasteiger charge is 2.52. The average molecular weight is 1210 g/mol. The SMILES string of the molecule is COc1ccccc1N1CCN(C2C3CC4CC(C3)CC2C4)CC1.Cc1cccc(N2CCN(CC3CCCCC3)CC2)c1C.Clc1ccc(N2CCN(CC3CC4C=CC3C4)CC2)cc1.c1ccc(N2CCN(C3C4CC5CC(C4)CC3C5)CC2)cc1. The minimum Gasteiger partial charge on any atom is -0.495 e. The number of para-hydroxylation sites is 3. The molecule has 10 saturated carbocycles. The Kier molecular flexibility index (Phi) is 19.7. The van der Waals surface area contributed by atoms with E-state index >= 15 is 0 Å². The molecule has 4 heterocycles. The molecule has 88 heavy (non-hydrogen) atoms. The molecule has 0 N–H and O–H groups in total. The van der Waals surface area contributed by atoms with E-state index in [2.05, 4.69) is 150 Å². The van der Waals surface area contributed by atoms with Gasteiger partial charge in [0, 0.05) is 152 Å². The van der Waals surface area contributed by atoms with Crippen LogP contribution in [0.5, 0.6) is 5.75 Å². The number of fused-ring (bicyclic) bond motifs is 2. The van der Waals surface area contributed by atoms with Crippen LogP contribution in [-0.2, 0) is 0 Å². The summed E-state index contributed by atoms with van der Waals surface area (Å²) in [5.74, 6) is 13.2. The number of ether oxygens (including phenoxy) is 1. The molecule has 15 aliphatic rings. The van der Waals surface area contributed by atoms with Crippen molar-refractivity contribution in [2.24, 2.45) is 71.0 Å². The van der Waals surface area contributed by atoms with Gasteiger partial charge in [0.25, 0.3) is 0 Å². The minimum atomic E-state index is 0.821. The predicted molar refractivity (Wildman–Crippen MR) is 369 cm³/mol. The Balaban J connectivity index is 0.000000103. The normalized spacial score (nSPS) is 33.6. The van der Waals surface area contributed by atoms with Crippen molar-refractivity contribution in [3.05, 3.63) is 125 Å². The largest absolute Gasteiger partial charge is 0.495 e. The van der Waals surface area contributed by atoms with Crippen molar-refractivity contribution < 1.29 is 4.74 Å². The van der Waals surface area contributed by atoms with Crippen LogP contribution in [0, 0.1) is 84.9 Å². The highest BCUT2D eigenvalue weighted by atomic mass is 35.5. The average Bonchev–Trinajstić information content (AvgIpc) is 1.13. The molecule has 0 spiro atoms. The fraction of sp³-hybridized carbons (Fsp3) is 0.667. The summed E-state index contributed by atoms with van der Waals surface area (Å²) in [5.41, 5.74) is 8.31. The molecular weight excluding hydrogens is 1100 g/mol. The Morgan fingerprint density at radius 1 is 0.420 bits per heavy atom. The molecule has 9 nitrogen and oxygen atoms in total. The lowest BCUT2D eigenvalue weighted by molar-refractivity contribution is -0.0665. The Hall–Kier alpha value is -4.25. The standard InChI is InChI=1S/C21H30N2O.C20H28N2.C19H30N2.C18H23ClN2/c1-24-20-5-3-2-4-19(20)22-6-8-23(9-7-22)21-17-11-15-10-16(13-17)14-18(21)12-15;1-2-4-19(5-3-1)21-6-8-22(9-7-21)20-17-11-15-10-16(13-17)14-18(20)12-15;1-16-7-6-10-19(17(16)2)21-13-11-20(12-14-21)15-18-8-4-3-5-9-18;19-17-3-5-18(6-4-17)21-9-7-20(8-10-21)13-16-12-14-1-2-15(16)11-14/h2-5,15-18,21H,6-14H2,1H3;1-5,15-18,20H,6-14H2;6-7,10,18H,3-5,8-9,11-15H2,1-2H3;1-6,14-16H,7-13H2. The molecule has 14 fully saturated rings. The molecule has 4 aliphatic heterocycles. The zero-order valence-electron chi connectivity index (χ0n) is 54.6. The molecule has 11 aliphatic carbocycles. The summed E-state index contributed by atoms with van der Waals surface area (Å²) in [6, 6.07) is 36.3. The number of halogens is 1. The fourth-order valence-electron chi connectivity index (χ4n) is 21.3. The van der Waals surface area contributed by atoms with Crippen molar-refractivity contribution in [2.45, 2.75) is 135 Å². The van der Waals surface area contributed by atoms with Gasteiger partial charge in [0.05, 0.1) is 12.8 Å². The second-order valence-corrected chi connectivity index (χ2v) is 31.1. The van der Waals surface area contributed by atoms with Crippen LogP contribution in [0.25, 0.3) is 0 Å². The van der Waals surface area contributed by atoms with Crippen LogP contribution in [0.3, 0.4) is 0 Å². The van der Waals surface area contributed by atoms with E-state index in [1.807, 2.05) is 12.1 Å². The van der Waals surface area contributed by atoms with Crippen LogP contribution in [0.15, 0.2) is 109 Å². The highest BCUT2D eigenvalue weighted by Crippen LogP contribution is 2.57. The summed E-state index contributed by atoms with van der Waals surface area (Å²) in [6.07, 6.45) is 30.6. The van der Waals surface area contributed by atoms with Crippen LogP contribution in [0.4, 0.5) is 22.7 Å². The van der Waals surface area contributed by atoms with Gasteiger partial charge in [-0.05, 0) is 240 Å². The van der Waals surface area contributed by atoms with Gasteiger partial charge in [0.1, 0.15) is 5.75 Å². The minimum absolute atomic E-state index is 0.821. The van der Waals surface area contributed by atoms with Gasteiger partial charge in [0.15, 0.2) is 0 Å². The number of nitrogens with zero attached hydrogens (tertiary/aromatic N) is 8. The first-order valence-corrected chi connectivity index (χ1v) is 36.7. The lowest BCUT2D eigenvalue weighted by Crippen LogP contribution is -2.60. The van der Waals surface area contributed by atoms with Crippen molar-refractivity contribution in [2.75, 3.05) is 145 Å². The van der Waals surface area contributed by atoms with Crippen LogP contribution in [0.1, 0.15) is 120 Å². The van der Waals surface area contributed by atoms with Crippen molar-refractivity contribution in [3.63, 3.8) is 0 Å². The summed E-state index contributed by atoms with van der Waals surface area (Å²) >= 11 is 5.97. The molecular formula is C78H111ClN8O. The maximum atomic E-state index is 5.97. The van der Waals surface area contributed by atoms with Crippen molar-refractivity contribution in [1.82, 2.24) is 19.6 Å². The second kappa shape index (κ2) is 28.3. The first-order valence-electron chi connectivity index (χ1n) is 36.3. The number of hydrogen-bond acceptors (Lipinski definition) is 9. The van der Waals surface area contributed by atoms with E-state index in [1.165, 1.54) is 196 Å². The molecule has 4 saturated heterocycles. The Morgan fingerprint density at radius 2 is 0.898 bits per heavy atom. The molecule has 10 bridgehead atoms. The number of aryl methyl sites for hydroxylation is 1. The molecule has 10 heteroatoms. The first-order chi connectivity index (χ1) is 43.2. The van der Waals surface area contributed by atoms with Crippen molar-refractivity contribution in [3.8, 4) is 5.75 Å². The molecule has 0 amide bonds. The van der Waals surface area contributed by atoms with Gasteiger partial charge >= 0.3 is 0 Å². The highest BCUT2D eigenvalue weighted by molar-refractivity contribution is 6.30. The van der Waals surface area contributed by atoms with E-state index in [0.29, 0.717) is 0 Å². The molecule has 19 rings (SSSR count). The van der Waals surface area contributed by atoms with E-state index in [4.69, 9.17) is 16.3 Å². The van der Waals surface area contributed by atoms with E-state index < -0.39 is 0 Å². The number of benzene rings is 4. The first kappa shape index (κ1) is 61.3. The summed E-state index contributed by atoms with van der Waals surface area (Å²) in [5, 5.41) is 0.821. The third-order valence-electron chi connectivity index (χ3n) is 25.4. The molecule has 3 atom stereocenters. The lowest BCUT2D eigenvalue weighted by atomic mass is 9.54. The lowest BCUT2D eigenvalue weighted by Gasteiger charge is -2.58. The van der Waals surface area contributed by atoms with E-state index in [9.17, 15) is 0 Å². The van der Waals surface area contributed by atoms with Gasteiger partial charge in [-0.1, -0.05) is 85.5 Å². The predicted octanol–water partition coefficient (Wildman–Crippen LogP) is 15.0. The maximum absolute atomic E-state index is 5.97. The van der Waals surface area contributed by atoms with E-state index in [1.54, 1.807) is 45.6 Å². The molecule has 0 aromatic heterocycles. The van der Waals surface area contributed by atoms with E-state index in [0.717, 1.165) is 120 Å². The van der Waals surface area contributed by atoms with Gasteiger partial charge in [-0.25, -0.2) is 0 Å². The quantitative estimate of drug-likeness (QED) is 0.137. The van der Waals surface area contributed by atoms with Gasteiger partial charge in [0.2, 0.25) is 0 Å². The monoisotopic (exact) mass is 1210 g/mol. The molecule has 0 radical (unpaired) electrons. The van der Waals surface area contributed by atoms with Crippen LogP contribution in [-0.4, -0.2) is 157 Å². The number of methoxy groups -OCH3 is 1. The van der Waals surface area contributed by atoms with Crippen molar-refractivity contribution >= 4 is 34.4 Å². The van der Waals surface area contributed by atoms with Gasteiger partial charge in [-0.2, -0.15) is 0 Å². The topological polar surface area (TPSA) is 35.2 Å². The van der Waals surface area contributed by atoms with Gasteiger partial charge in [-0.15, -0.1) is 0 Å². The number of piperazine rings is 4. The zero-order valence-corrected chi connectivity index (χ0v) is 55.3. The smallest absolute Gasteiger partial charge is 0.142 e. The van der Waals surface area contributed by atoms with Crippen LogP contribution >= 0.6 is 11.6 Å². The number of rotatable bonds is 11. The molecule has 476 valence electrons. The number of allylic oxidation sites excluding steroid dienone is 2. The molecule has 3 unspecified atom stereocenters. The third-order valence-corrected chi connectivity index (χ3v) is 25.6. The van der Waals surface area contributed by atoms with Crippen molar-refractivity contribution in [1.29, 1.82) is 0 Å². The maximum Gasteiger partial charge on any atom is 0.142 e. The fourth-order valence-corrected chi connectivity index (χ4v) is 21.4. The second-order valence-electron chi connectivity index (χ2n) is 30.7. The summed E-state index contributed by atoms with van der Waals surface area (Å²) in [4.78, 5) is 21.3. The number of hydrogen-bond donors (Lipinski definition) is 0. The zero-order chi connectivity index (χ0) is 59.5. The molecule has 4 aromatic carbocycles. The summed E-state index contributed by atoms with van der Waals surface area (Å²) in [6.45, 7) is 26.4. The van der Waals surface area contributed by atoms with Gasteiger partial charge in [-0.3, -0.25) is 19.6 Å². The molecule has 4 aromatic rings. The Labute approximate surface area is 537 Å². The Morgan fingerprint density at radius 3 is 1.43 bits per heavy atom. The summed E-state index contributed by atoms with van der Waals surface area (Å²) in [7, 11) is 1.78. The van der Waals surface area contributed by atoms with Crippen LogP contribution in [0.2, 0.25) is 5.02 Å². The summed E-state index contributed by atoms with van der Waals surface area (Å²) < 4.78 is 5.56.